The van der Waals surface area contributed by atoms with Crippen molar-refractivity contribution in [3.8, 4) is 11.1 Å². The van der Waals surface area contributed by atoms with Gasteiger partial charge in [-0.05, 0) is 50.7 Å². The molecule has 0 aliphatic carbocycles. The number of hydrogen-bond acceptors (Lipinski definition) is 1. The topological polar surface area (TPSA) is 12.9 Å². The molecular formula is C14H14BrN. The Morgan fingerprint density at radius 3 is 2.25 bits per heavy atom. The van der Waals surface area contributed by atoms with Crippen LogP contribution in [0.3, 0.4) is 0 Å². The summed E-state index contributed by atoms with van der Waals surface area (Å²) in [5, 5.41) is 0. The van der Waals surface area contributed by atoms with Crippen molar-refractivity contribution in [2.75, 3.05) is 0 Å². The van der Waals surface area contributed by atoms with Gasteiger partial charge in [0, 0.05) is 6.20 Å². The molecule has 0 amide bonds. The van der Waals surface area contributed by atoms with Crippen LogP contribution in [0.4, 0.5) is 0 Å². The van der Waals surface area contributed by atoms with Crippen molar-refractivity contribution in [1.82, 2.24) is 4.98 Å². The van der Waals surface area contributed by atoms with E-state index < -0.39 is 0 Å². The highest BCUT2D eigenvalue weighted by atomic mass is 79.9. The molecule has 1 aromatic heterocycles. The Balaban J connectivity index is 2.35. The highest BCUT2D eigenvalue weighted by Gasteiger charge is 2.01. The molecule has 0 aliphatic heterocycles. The minimum absolute atomic E-state index is 0.582. The molecule has 1 aromatic carbocycles. The van der Waals surface area contributed by atoms with Crippen molar-refractivity contribution in [3.63, 3.8) is 0 Å². The Bertz CT molecular complexity index is 474. The SMILES string of the molecule is CC(C)c1ccc(-c2ccnc(Br)c2)cc1. The maximum Gasteiger partial charge on any atom is 0.106 e. The Morgan fingerprint density at radius 2 is 1.69 bits per heavy atom. The van der Waals surface area contributed by atoms with Crippen LogP contribution in [0.15, 0.2) is 47.2 Å². The van der Waals surface area contributed by atoms with E-state index >= 15 is 0 Å². The zero-order valence-electron chi connectivity index (χ0n) is 9.44. The van der Waals surface area contributed by atoms with Crippen LogP contribution in [-0.2, 0) is 0 Å². The van der Waals surface area contributed by atoms with Crippen LogP contribution in [0.2, 0.25) is 0 Å². The first kappa shape index (κ1) is 11.3. The third-order valence-corrected chi connectivity index (χ3v) is 3.07. The maximum absolute atomic E-state index is 4.13. The zero-order valence-corrected chi connectivity index (χ0v) is 11.0. The van der Waals surface area contributed by atoms with Crippen molar-refractivity contribution in [3.05, 3.63) is 52.8 Å². The Labute approximate surface area is 105 Å². The van der Waals surface area contributed by atoms with Crippen LogP contribution in [0.1, 0.15) is 25.3 Å². The fourth-order valence-electron chi connectivity index (χ4n) is 1.64. The van der Waals surface area contributed by atoms with Gasteiger partial charge in [-0.25, -0.2) is 4.98 Å². The molecule has 1 nitrogen and oxygen atoms in total. The van der Waals surface area contributed by atoms with Gasteiger partial charge >= 0.3 is 0 Å². The lowest BCUT2D eigenvalue weighted by atomic mass is 9.99. The normalized spacial score (nSPS) is 10.8. The fraction of sp³-hybridized carbons (Fsp3) is 0.214. The summed E-state index contributed by atoms with van der Waals surface area (Å²) < 4.78 is 0.873. The summed E-state index contributed by atoms with van der Waals surface area (Å²) in [6, 6.07) is 12.8. The predicted molar refractivity (Wildman–Crippen MR) is 71.5 cm³/mol. The molecule has 0 spiro atoms. The molecule has 0 aliphatic rings. The van der Waals surface area contributed by atoms with Gasteiger partial charge < -0.3 is 0 Å². The van der Waals surface area contributed by atoms with Crippen LogP contribution in [0.5, 0.6) is 0 Å². The summed E-state index contributed by atoms with van der Waals surface area (Å²) in [6.45, 7) is 4.41. The van der Waals surface area contributed by atoms with E-state index in [1.54, 1.807) is 0 Å². The van der Waals surface area contributed by atoms with Gasteiger partial charge in [0.25, 0.3) is 0 Å². The van der Waals surface area contributed by atoms with Crippen molar-refractivity contribution < 1.29 is 0 Å². The van der Waals surface area contributed by atoms with E-state index in [0.717, 1.165) is 4.60 Å². The van der Waals surface area contributed by atoms with Gasteiger partial charge in [0.1, 0.15) is 4.60 Å². The Hall–Kier alpha value is -1.15. The monoisotopic (exact) mass is 275 g/mol. The van der Waals surface area contributed by atoms with E-state index in [1.807, 2.05) is 18.3 Å². The lowest BCUT2D eigenvalue weighted by molar-refractivity contribution is 0.867. The maximum atomic E-state index is 4.13. The van der Waals surface area contributed by atoms with E-state index in [4.69, 9.17) is 0 Å². The van der Waals surface area contributed by atoms with Crippen molar-refractivity contribution in [2.24, 2.45) is 0 Å². The summed E-state index contributed by atoms with van der Waals surface area (Å²) >= 11 is 3.39. The predicted octanol–water partition coefficient (Wildman–Crippen LogP) is 4.63. The largest absolute Gasteiger partial charge is 0.249 e. The molecule has 0 atom stereocenters. The zero-order chi connectivity index (χ0) is 11.5. The second kappa shape index (κ2) is 4.79. The van der Waals surface area contributed by atoms with E-state index in [0.29, 0.717) is 5.92 Å². The molecule has 16 heavy (non-hydrogen) atoms. The van der Waals surface area contributed by atoms with Crippen LogP contribution >= 0.6 is 15.9 Å². The molecule has 0 unspecified atom stereocenters. The molecular weight excluding hydrogens is 262 g/mol. The summed E-state index contributed by atoms with van der Waals surface area (Å²) in [7, 11) is 0. The first-order chi connectivity index (χ1) is 7.66. The van der Waals surface area contributed by atoms with Gasteiger partial charge in [0.2, 0.25) is 0 Å². The fourth-order valence-corrected chi connectivity index (χ4v) is 2.01. The van der Waals surface area contributed by atoms with Gasteiger partial charge in [-0.3, -0.25) is 0 Å². The third-order valence-electron chi connectivity index (χ3n) is 2.64. The third kappa shape index (κ3) is 2.50. The van der Waals surface area contributed by atoms with Gasteiger partial charge in [-0.2, -0.15) is 0 Å². The number of aromatic nitrogens is 1. The van der Waals surface area contributed by atoms with Crippen LogP contribution in [0, 0.1) is 0 Å². The first-order valence-electron chi connectivity index (χ1n) is 5.38. The second-order valence-electron chi connectivity index (χ2n) is 4.14. The lowest BCUT2D eigenvalue weighted by Gasteiger charge is -2.07. The molecule has 0 saturated heterocycles. The molecule has 0 fully saturated rings. The summed E-state index contributed by atoms with van der Waals surface area (Å²) in [5.41, 5.74) is 3.79. The van der Waals surface area contributed by atoms with E-state index in [-0.39, 0.29) is 0 Å². The highest BCUT2D eigenvalue weighted by Crippen LogP contribution is 2.23. The van der Waals surface area contributed by atoms with Crippen LogP contribution in [-0.4, -0.2) is 4.98 Å². The standard InChI is InChI=1S/C14H14BrN/c1-10(2)11-3-5-12(6-4-11)13-7-8-16-14(15)9-13/h3-10H,1-2H3. The van der Waals surface area contributed by atoms with E-state index in [1.165, 1.54) is 16.7 Å². The van der Waals surface area contributed by atoms with E-state index in [2.05, 4.69) is 59.0 Å². The quantitative estimate of drug-likeness (QED) is 0.728. The van der Waals surface area contributed by atoms with Crippen molar-refractivity contribution in [1.29, 1.82) is 0 Å². The van der Waals surface area contributed by atoms with Gasteiger partial charge in [0.15, 0.2) is 0 Å². The lowest BCUT2D eigenvalue weighted by Crippen LogP contribution is -1.87. The first-order valence-corrected chi connectivity index (χ1v) is 6.18. The molecule has 2 rings (SSSR count). The number of hydrogen-bond donors (Lipinski definition) is 0. The summed E-state index contributed by atoms with van der Waals surface area (Å²) in [4.78, 5) is 4.13. The number of pyridine rings is 1. The Kier molecular flexibility index (Phi) is 3.39. The molecule has 0 radical (unpaired) electrons. The van der Waals surface area contributed by atoms with Gasteiger partial charge in [0.05, 0.1) is 0 Å². The van der Waals surface area contributed by atoms with Crippen LogP contribution in [0.25, 0.3) is 11.1 Å². The van der Waals surface area contributed by atoms with Crippen molar-refractivity contribution >= 4 is 15.9 Å². The van der Waals surface area contributed by atoms with E-state index in [9.17, 15) is 0 Å². The average molecular weight is 276 g/mol. The molecule has 82 valence electrons. The number of nitrogens with zero attached hydrogens (tertiary/aromatic N) is 1. The highest BCUT2D eigenvalue weighted by molar-refractivity contribution is 9.10. The molecule has 0 bridgehead atoms. The second-order valence-corrected chi connectivity index (χ2v) is 4.96. The minimum atomic E-state index is 0.582. The number of rotatable bonds is 2. The molecule has 1 heterocycles. The van der Waals surface area contributed by atoms with Crippen molar-refractivity contribution in [2.45, 2.75) is 19.8 Å². The molecule has 2 heteroatoms. The molecule has 0 saturated carbocycles. The van der Waals surface area contributed by atoms with Gasteiger partial charge in [-0.1, -0.05) is 38.1 Å². The summed E-state index contributed by atoms with van der Waals surface area (Å²) in [5.74, 6) is 0.582. The Morgan fingerprint density at radius 1 is 1.00 bits per heavy atom. The average Bonchev–Trinajstić information content (AvgIpc) is 2.29. The van der Waals surface area contributed by atoms with Crippen LogP contribution < -0.4 is 0 Å². The summed E-state index contributed by atoms with van der Waals surface area (Å²) in [6.07, 6.45) is 1.82. The molecule has 0 N–H and O–H groups in total. The smallest absolute Gasteiger partial charge is 0.106 e. The molecule has 2 aromatic rings. The minimum Gasteiger partial charge on any atom is -0.249 e. The number of benzene rings is 1. The van der Waals surface area contributed by atoms with Gasteiger partial charge in [-0.15, -0.1) is 0 Å². The number of halogens is 1.